The highest BCUT2D eigenvalue weighted by Gasteiger charge is 2.26. The predicted molar refractivity (Wildman–Crippen MR) is 58.1 cm³/mol. The van der Waals surface area contributed by atoms with Gasteiger partial charge in [0.1, 0.15) is 0 Å². The van der Waals surface area contributed by atoms with Crippen LogP contribution in [0.5, 0.6) is 0 Å². The summed E-state index contributed by atoms with van der Waals surface area (Å²) in [5.74, 6) is 0.0605. The van der Waals surface area contributed by atoms with Gasteiger partial charge in [0.25, 0.3) is 0 Å². The number of Topliss-reactive ketones (excluding diaryl/α,β-unsaturated/α-hetero) is 1. The molecule has 0 aliphatic carbocycles. The number of aliphatic hydroxyl groups excluding tert-OH is 1. The molecule has 82 valence electrons. The maximum absolute atomic E-state index is 11.7. The van der Waals surface area contributed by atoms with E-state index in [4.69, 9.17) is 5.11 Å². The Hall–Kier alpha value is -0.780. The number of likely N-dealkylation sites (tertiary alicyclic amines) is 1. The zero-order chi connectivity index (χ0) is 10.7. The van der Waals surface area contributed by atoms with Gasteiger partial charge in [-0.2, -0.15) is 0 Å². The number of aliphatic hydroxyl groups is 1. The molecule has 4 nitrogen and oxygen atoms in total. The first-order valence-corrected chi connectivity index (χ1v) is 5.97. The Morgan fingerprint density at radius 2 is 2.60 bits per heavy atom. The predicted octanol–water partition coefficient (Wildman–Crippen LogP) is 0.782. The van der Waals surface area contributed by atoms with Gasteiger partial charge in [0, 0.05) is 17.6 Å². The maximum atomic E-state index is 11.7. The van der Waals surface area contributed by atoms with Crippen LogP contribution in [0, 0.1) is 0 Å². The van der Waals surface area contributed by atoms with Crippen LogP contribution in [0.1, 0.15) is 22.6 Å². The molecule has 0 saturated carbocycles. The Balaban J connectivity index is 1.94. The number of nitrogens with zero attached hydrogens (tertiary/aromatic N) is 2. The number of ketones is 1. The van der Waals surface area contributed by atoms with Crippen molar-refractivity contribution in [3.63, 3.8) is 0 Å². The smallest absolute Gasteiger partial charge is 0.205 e. The lowest BCUT2D eigenvalue weighted by molar-refractivity contribution is 0.0887. The number of rotatable bonds is 4. The summed E-state index contributed by atoms with van der Waals surface area (Å²) in [6.07, 6.45) is 3.70. The Kier molecular flexibility index (Phi) is 3.45. The zero-order valence-electron chi connectivity index (χ0n) is 8.43. The van der Waals surface area contributed by atoms with Gasteiger partial charge in [0.2, 0.25) is 5.78 Å². The van der Waals surface area contributed by atoms with Gasteiger partial charge < -0.3 is 5.11 Å². The number of aromatic nitrogens is 1. The largest absolute Gasteiger partial charge is 0.395 e. The molecule has 1 aromatic heterocycles. The van der Waals surface area contributed by atoms with Crippen LogP contribution in [0.25, 0.3) is 0 Å². The SMILES string of the molecule is O=C(CN1CCCC1CO)c1nccs1. The summed E-state index contributed by atoms with van der Waals surface area (Å²) in [5, 5.41) is 11.5. The fraction of sp³-hybridized carbons (Fsp3) is 0.600. The van der Waals surface area contributed by atoms with Crippen molar-refractivity contribution in [3.8, 4) is 0 Å². The third-order valence-corrected chi connectivity index (χ3v) is 3.54. The summed E-state index contributed by atoms with van der Waals surface area (Å²) >= 11 is 1.37. The molecule has 0 radical (unpaired) electrons. The molecular formula is C10H14N2O2S. The number of hydrogen-bond acceptors (Lipinski definition) is 5. The van der Waals surface area contributed by atoms with E-state index >= 15 is 0 Å². The van der Waals surface area contributed by atoms with Gasteiger partial charge in [-0.1, -0.05) is 0 Å². The van der Waals surface area contributed by atoms with Crippen molar-refractivity contribution in [1.29, 1.82) is 0 Å². The normalized spacial score (nSPS) is 22.1. The molecule has 1 atom stereocenters. The quantitative estimate of drug-likeness (QED) is 0.771. The average Bonchev–Trinajstić information content (AvgIpc) is 2.87. The summed E-state index contributed by atoms with van der Waals surface area (Å²) < 4.78 is 0. The lowest BCUT2D eigenvalue weighted by Gasteiger charge is -2.20. The second kappa shape index (κ2) is 4.83. The van der Waals surface area contributed by atoms with Crippen LogP contribution in [0.4, 0.5) is 0 Å². The topological polar surface area (TPSA) is 53.4 Å². The lowest BCUT2D eigenvalue weighted by Crippen LogP contribution is -2.36. The van der Waals surface area contributed by atoms with Gasteiger partial charge in [-0.25, -0.2) is 4.98 Å². The van der Waals surface area contributed by atoms with E-state index in [1.165, 1.54) is 11.3 Å². The second-order valence-corrected chi connectivity index (χ2v) is 4.60. The molecule has 15 heavy (non-hydrogen) atoms. The molecule has 1 unspecified atom stereocenters. The summed E-state index contributed by atoms with van der Waals surface area (Å²) in [6.45, 7) is 1.44. The second-order valence-electron chi connectivity index (χ2n) is 3.71. The first-order chi connectivity index (χ1) is 7.31. The van der Waals surface area contributed by atoms with Crippen LogP contribution in [0.2, 0.25) is 0 Å². The molecule has 0 bridgehead atoms. The van der Waals surface area contributed by atoms with E-state index < -0.39 is 0 Å². The van der Waals surface area contributed by atoms with E-state index in [0.29, 0.717) is 11.6 Å². The molecular weight excluding hydrogens is 212 g/mol. The molecule has 1 fully saturated rings. The standard InChI is InChI=1S/C10H14N2O2S/c13-7-8-2-1-4-12(8)6-9(14)10-11-3-5-15-10/h3,5,8,13H,1-2,4,6-7H2. The molecule has 0 amide bonds. The van der Waals surface area contributed by atoms with Crippen molar-refractivity contribution in [2.45, 2.75) is 18.9 Å². The van der Waals surface area contributed by atoms with Crippen LogP contribution in [-0.2, 0) is 0 Å². The Labute approximate surface area is 92.6 Å². The Morgan fingerprint density at radius 1 is 1.73 bits per heavy atom. The average molecular weight is 226 g/mol. The third-order valence-electron chi connectivity index (χ3n) is 2.73. The minimum absolute atomic E-state index is 0.0605. The van der Waals surface area contributed by atoms with Crippen LogP contribution in [0.15, 0.2) is 11.6 Å². The van der Waals surface area contributed by atoms with E-state index in [2.05, 4.69) is 4.98 Å². The molecule has 0 aromatic carbocycles. The van der Waals surface area contributed by atoms with Gasteiger partial charge in [-0.05, 0) is 19.4 Å². The molecule has 1 N–H and O–H groups in total. The summed E-state index contributed by atoms with van der Waals surface area (Å²) in [5.41, 5.74) is 0. The van der Waals surface area contributed by atoms with E-state index in [1.807, 2.05) is 4.90 Å². The number of carbonyl (C=O) groups excluding carboxylic acids is 1. The number of thiazole rings is 1. The van der Waals surface area contributed by atoms with Crippen molar-refractivity contribution >= 4 is 17.1 Å². The fourth-order valence-corrected chi connectivity index (χ4v) is 2.49. The van der Waals surface area contributed by atoms with Crippen LogP contribution in [-0.4, -0.2) is 46.5 Å². The van der Waals surface area contributed by atoms with E-state index in [1.54, 1.807) is 11.6 Å². The van der Waals surface area contributed by atoms with Gasteiger partial charge in [0.15, 0.2) is 5.01 Å². The summed E-state index contributed by atoms with van der Waals surface area (Å²) in [4.78, 5) is 17.8. The minimum atomic E-state index is 0.0605. The monoisotopic (exact) mass is 226 g/mol. The molecule has 2 rings (SSSR count). The van der Waals surface area contributed by atoms with Gasteiger partial charge in [-0.3, -0.25) is 9.69 Å². The molecule has 2 heterocycles. The highest BCUT2D eigenvalue weighted by molar-refractivity contribution is 7.11. The maximum Gasteiger partial charge on any atom is 0.205 e. The van der Waals surface area contributed by atoms with Gasteiger partial charge in [0.05, 0.1) is 13.2 Å². The first kappa shape index (κ1) is 10.7. The Morgan fingerprint density at radius 3 is 3.27 bits per heavy atom. The summed E-state index contributed by atoms with van der Waals surface area (Å²) in [7, 11) is 0. The van der Waals surface area contributed by atoms with Crippen LogP contribution < -0.4 is 0 Å². The van der Waals surface area contributed by atoms with Gasteiger partial charge in [-0.15, -0.1) is 11.3 Å². The first-order valence-electron chi connectivity index (χ1n) is 5.09. The zero-order valence-corrected chi connectivity index (χ0v) is 9.24. The number of carbonyl (C=O) groups is 1. The van der Waals surface area contributed by atoms with Crippen molar-refractivity contribution in [3.05, 3.63) is 16.6 Å². The third kappa shape index (κ3) is 2.42. The van der Waals surface area contributed by atoms with Crippen molar-refractivity contribution in [1.82, 2.24) is 9.88 Å². The van der Waals surface area contributed by atoms with Crippen molar-refractivity contribution < 1.29 is 9.90 Å². The fourth-order valence-electron chi connectivity index (χ4n) is 1.92. The minimum Gasteiger partial charge on any atom is -0.395 e. The van der Waals surface area contributed by atoms with Gasteiger partial charge >= 0.3 is 0 Å². The molecule has 1 saturated heterocycles. The Bertz CT molecular complexity index is 326. The van der Waals surface area contributed by atoms with Crippen molar-refractivity contribution in [2.75, 3.05) is 19.7 Å². The molecule has 1 aliphatic heterocycles. The molecule has 1 aromatic rings. The number of hydrogen-bond donors (Lipinski definition) is 1. The van der Waals surface area contributed by atoms with Crippen LogP contribution >= 0.6 is 11.3 Å². The molecule has 5 heteroatoms. The molecule has 1 aliphatic rings. The van der Waals surface area contributed by atoms with Crippen molar-refractivity contribution in [2.24, 2.45) is 0 Å². The molecule has 0 spiro atoms. The highest BCUT2D eigenvalue weighted by atomic mass is 32.1. The highest BCUT2D eigenvalue weighted by Crippen LogP contribution is 2.17. The summed E-state index contributed by atoms with van der Waals surface area (Å²) in [6, 6.07) is 0.161. The van der Waals surface area contributed by atoms with E-state index in [9.17, 15) is 4.79 Å². The van der Waals surface area contributed by atoms with E-state index in [-0.39, 0.29) is 18.4 Å². The van der Waals surface area contributed by atoms with E-state index in [0.717, 1.165) is 19.4 Å². The van der Waals surface area contributed by atoms with Crippen LogP contribution in [0.3, 0.4) is 0 Å². The lowest BCUT2D eigenvalue weighted by atomic mass is 10.2.